The summed E-state index contributed by atoms with van der Waals surface area (Å²) in [5.74, 6) is 0.960. The highest BCUT2D eigenvalue weighted by molar-refractivity contribution is 6.12. The summed E-state index contributed by atoms with van der Waals surface area (Å²) < 4.78 is 10.3. The van der Waals surface area contributed by atoms with Gasteiger partial charge in [-0.3, -0.25) is 4.79 Å². The maximum atomic E-state index is 12.4. The zero-order chi connectivity index (χ0) is 13.8. The van der Waals surface area contributed by atoms with E-state index in [2.05, 4.69) is 0 Å². The summed E-state index contributed by atoms with van der Waals surface area (Å²) in [6, 6.07) is 12.0. The number of ketones is 1. The zero-order valence-electron chi connectivity index (χ0n) is 10.8. The number of nitrogen functional groups attached to an aromatic ring is 1. The van der Waals surface area contributed by atoms with E-state index in [0.29, 0.717) is 28.3 Å². The molecule has 2 aromatic carbocycles. The molecule has 0 amide bonds. The average Bonchev–Trinajstić information content (AvgIpc) is 2.46. The molecule has 0 saturated carbocycles. The van der Waals surface area contributed by atoms with Crippen molar-refractivity contribution in [3.63, 3.8) is 0 Å². The number of ether oxygens (including phenoxy) is 2. The van der Waals surface area contributed by atoms with Crippen molar-refractivity contribution in [2.75, 3.05) is 20.0 Å². The summed E-state index contributed by atoms with van der Waals surface area (Å²) in [4.78, 5) is 12.4. The van der Waals surface area contributed by atoms with Crippen molar-refractivity contribution in [2.45, 2.75) is 0 Å². The van der Waals surface area contributed by atoms with Crippen LogP contribution in [-0.4, -0.2) is 20.0 Å². The highest BCUT2D eigenvalue weighted by Gasteiger charge is 2.14. The molecular weight excluding hydrogens is 242 g/mol. The summed E-state index contributed by atoms with van der Waals surface area (Å²) in [6.07, 6.45) is 0. The van der Waals surface area contributed by atoms with Crippen LogP contribution in [0.1, 0.15) is 15.9 Å². The molecule has 0 radical (unpaired) electrons. The Morgan fingerprint density at radius 2 is 1.68 bits per heavy atom. The maximum Gasteiger partial charge on any atom is 0.195 e. The van der Waals surface area contributed by atoms with Gasteiger partial charge in [-0.1, -0.05) is 12.1 Å². The normalized spacial score (nSPS) is 10.0. The number of carbonyl (C=O) groups excluding carboxylic acids is 1. The zero-order valence-corrected chi connectivity index (χ0v) is 10.8. The summed E-state index contributed by atoms with van der Waals surface area (Å²) in [6.45, 7) is 0. The molecule has 0 unspecified atom stereocenters. The van der Waals surface area contributed by atoms with E-state index in [4.69, 9.17) is 15.2 Å². The van der Waals surface area contributed by atoms with E-state index < -0.39 is 0 Å². The van der Waals surface area contributed by atoms with Crippen molar-refractivity contribution in [1.82, 2.24) is 0 Å². The van der Waals surface area contributed by atoms with Crippen LogP contribution >= 0.6 is 0 Å². The van der Waals surface area contributed by atoms with Crippen molar-refractivity contribution in [3.05, 3.63) is 53.6 Å². The first-order chi connectivity index (χ1) is 9.17. The fourth-order valence-corrected chi connectivity index (χ4v) is 1.84. The third-order valence-corrected chi connectivity index (χ3v) is 2.85. The number of anilines is 1. The van der Waals surface area contributed by atoms with Crippen molar-refractivity contribution in [2.24, 2.45) is 0 Å². The lowest BCUT2D eigenvalue weighted by molar-refractivity contribution is 0.103. The van der Waals surface area contributed by atoms with Gasteiger partial charge in [0.05, 0.1) is 14.2 Å². The van der Waals surface area contributed by atoms with Crippen LogP contribution in [0.15, 0.2) is 42.5 Å². The Balaban J connectivity index is 2.42. The van der Waals surface area contributed by atoms with Gasteiger partial charge in [0, 0.05) is 16.8 Å². The van der Waals surface area contributed by atoms with Crippen LogP contribution < -0.4 is 15.2 Å². The van der Waals surface area contributed by atoms with Gasteiger partial charge < -0.3 is 15.2 Å². The van der Waals surface area contributed by atoms with Gasteiger partial charge >= 0.3 is 0 Å². The van der Waals surface area contributed by atoms with Gasteiger partial charge in [0.1, 0.15) is 0 Å². The van der Waals surface area contributed by atoms with Gasteiger partial charge in [-0.2, -0.15) is 0 Å². The molecular formula is C15H15NO3. The Hall–Kier alpha value is -2.49. The molecule has 2 rings (SSSR count). The molecule has 2 N–H and O–H groups in total. The molecule has 4 heteroatoms. The molecule has 19 heavy (non-hydrogen) atoms. The van der Waals surface area contributed by atoms with Crippen molar-refractivity contribution < 1.29 is 14.3 Å². The van der Waals surface area contributed by atoms with E-state index in [1.165, 1.54) is 7.11 Å². The van der Waals surface area contributed by atoms with E-state index >= 15 is 0 Å². The molecule has 0 spiro atoms. The fraction of sp³-hybridized carbons (Fsp3) is 0.133. The highest BCUT2D eigenvalue weighted by Crippen LogP contribution is 2.29. The minimum absolute atomic E-state index is 0.140. The minimum atomic E-state index is -0.140. The van der Waals surface area contributed by atoms with Crippen LogP contribution in [0.3, 0.4) is 0 Å². The molecule has 4 nitrogen and oxygen atoms in total. The third kappa shape index (κ3) is 2.52. The first-order valence-electron chi connectivity index (χ1n) is 5.78. The molecule has 0 aliphatic rings. The van der Waals surface area contributed by atoms with Gasteiger partial charge in [-0.05, 0) is 30.3 Å². The van der Waals surface area contributed by atoms with Crippen LogP contribution in [0.2, 0.25) is 0 Å². The number of rotatable bonds is 4. The number of para-hydroxylation sites is 1. The Morgan fingerprint density at radius 3 is 2.32 bits per heavy atom. The number of hydrogen-bond donors (Lipinski definition) is 1. The van der Waals surface area contributed by atoms with Crippen LogP contribution in [-0.2, 0) is 0 Å². The molecule has 0 saturated heterocycles. The van der Waals surface area contributed by atoms with Gasteiger partial charge in [0.2, 0.25) is 0 Å². The standard InChI is InChI=1S/C15H15NO3/c1-18-13-8-7-10(9-14(13)19-2)15(17)11-5-3-4-6-12(11)16/h3-9H,16H2,1-2H3. The largest absolute Gasteiger partial charge is 0.493 e. The quantitative estimate of drug-likeness (QED) is 0.675. The Bertz CT molecular complexity index is 608. The van der Waals surface area contributed by atoms with Gasteiger partial charge in [0.25, 0.3) is 0 Å². The number of hydrogen-bond acceptors (Lipinski definition) is 4. The summed E-state index contributed by atoms with van der Waals surface area (Å²) in [5, 5.41) is 0. The topological polar surface area (TPSA) is 61.5 Å². The lowest BCUT2D eigenvalue weighted by Gasteiger charge is -2.09. The summed E-state index contributed by atoms with van der Waals surface area (Å²) in [5.41, 5.74) is 7.26. The molecule has 0 atom stereocenters. The van der Waals surface area contributed by atoms with Crippen LogP contribution in [0, 0.1) is 0 Å². The van der Waals surface area contributed by atoms with Gasteiger partial charge in [-0.15, -0.1) is 0 Å². The number of nitrogens with two attached hydrogens (primary N) is 1. The molecule has 0 fully saturated rings. The van der Waals surface area contributed by atoms with Crippen molar-refractivity contribution in [1.29, 1.82) is 0 Å². The minimum Gasteiger partial charge on any atom is -0.493 e. The highest BCUT2D eigenvalue weighted by atomic mass is 16.5. The number of methoxy groups -OCH3 is 2. The smallest absolute Gasteiger partial charge is 0.195 e. The number of carbonyl (C=O) groups is 1. The monoisotopic (exact) mass is 257 g/mol. The second kappa shape index (κ2) is 5.44. The van der Waals surface area contributed by atoms with Crippen molar-refractivity contribution >= 4 is 11.5 Å². The SMILES string of the molecule is COc1ccc(C(=O)c2ccccc2N)cc1OC. The molecule has 0 aliphatic carbocycles. The van der Waals surface area contributed by atoms with E-state index in [1.54, 1.807) is 49.6 Å². The Morgan fingerprint density at radius 1 is 1.00 bits per heavy atom. The first-order valence-corrected chi connectivity index (χ1v) is 5.78. The van der Waals surface area contributed by atoms with E-state index in [1.807, 2.05) is 0 Å². The average molecular weight is 257 g/mol. The second-order valence-electron chi connectivity index (χ2n) is 3.99. The second-order valence-corrected chi connectivity index (χ2v) is 3.99. The molecule has 0 heterocycles. The first kappa shape index (κ1) is 13.0. The van der Waals surface area contributed by atoms with Crippen LogP contribution in [0.4, 0.5) is 5.69 Å². The molecule has 0 aliphatic heterocycles. The predicted octanol–water partition coefficient (Wildman–Crippen LogP) is 2.52. The summed E-state index contributed by atoms with van der Waals surface area (Å²) >= 11 is 0. The number of benzene rings is 2. The molecule has 2 aromatic rings. The summed E-state index contributed by atoms with van der Waals surface area (Å²) in [7, 11) is 3.08. The van der Waals surface area contributed by atoms with Gasteiger partial charge in [-0.25, -0.2) is 0 Å². The fourth-order valence-electron chi connectivity index (χ4n) is 1.84. The van der Waals surface area contributed by atoms with Crippen molar-refractivity contribution in [3.8, 4) is 11.5 Å². The maximum absolute atomic E-state index is 12.4. The molecule has 0 aromatic heterocycles. The molecule has 98 valence electrons. The lowest BCUT2D eigenvalue weighted by Crippen LogP contribution is -2.05. The van der Waals surface area contributed by atoms with Crippen LogP contribution in [0.25, 0.3) is 0 Å². The van der Waals surface area contributed by atoms with Crippen LogP contribution in [0.5, 0.6) is 11.5 Å². The van der Waals surface area contributed by atoms with E-state index in [-0.39, 0.29) is 5.78 Å². The Labute approximate surface area is 111 Å². The predicted molar refractivity (Wildman–Crippen MR) is 73.8 cm³/mol. The van der Waals surface area contributed by atoms with Gasteiger partial charge in [0.15, 0.2) is 17.3 Å². The van der Waals surface area contributed by atoms with E-state index in [0.717, 1.165) is 0 Å². The van der Waals surface area contributed by atoms with E-state index in [9.17, 15) is 4.79 Å². The Kier molecular flexibility index (Phi) is 3.71. The lowest BCUT2D eigenvalue weighted by atomic mass is 10.0. The third-order valence-electron chi connectivity index (χ3n) is 2.85. The molecule has 0 bridgehead atoms.